The Morgan fingerprint density at radius 2 is 2.10 bits per heavy atom. The Labute approximate surface area is 120 Å². The van der Waals surface area contributed by atoms with E-state index in [1.165, 1.54) is 12.1 Å². The minimum absolute atomic E-state index is 0.124. The van der Waals surface area contributed by atoms with Crippen LogP contribution in [-0.4, -0.2) is 20.8 Å². The van der Waals surface area contributed by atoms with Gasteiger partial charge in [0.15, 0.2) is 5.84 Å². The van der Waals surface area contributed by atoms with Crippen LogP contribution in [0, 0.1) is 5.82 Å². The van der Waals surface area contributed by atoms with Gasteiger partial charge in [0, 0.05) is 10.9 Å². The first-order valence-corrected chi connectivity index (χ1v) is 6.35. The number of fused-ring (bicyclic) bond motifs is 1. The van der Waals surface area contributed by atoms with Gasteiger partial charge in [-0.05, 0) is 29.8 Å². The second-order valence-electron chi connectivity index (χ2n) is 4.69. The smallest absolute Gasteiger partial charge is 0.170 e. The number of hydrogen-bond acceptors (Lipinski definition) is 3. The van der Waals surface area contributed by atoms with Gasteiger partial charge in [0.25, 0.3) is 0 Å². The molecule has 0 aliphatic rings. The first-order chi connectivity index (χ1) is 10.2. The third-order valence-corrected chi connectivity index (χ3v) is 3.24. The minimum Gasteiger partial charge on any atom is -0.409 e. The van der Waals surface area contributed by atoms with Crippen LogP contribution in [0.5, 0.6) is 0 Å². The maximum absolute atomic E-state index is 13.6. The Balaban J connectivity index is 2.00. The number of benzene rings is 2. The highest BCUT2D eigenvalue weighted by Gasteiger charge is 2.07. The monoisotopic (exact) mass is 284 g/mol. The first kappa shape index (κ1) is 13.1. The van der Waals surface area contributed by atoms with E-state index in [-0.39, 0.29) is 5.84 Å². The van der Waals surface area contributed by atoms with Crippen LogP contribution >= 0.6 is 0 Å². The topological polar surface area (TPSA) is 76.4 Å². The molecule has 1 heterocycles. The predicted octanol–water partition coefficient (Wildman–Crippen LogP) is 2.32. The highest BCUT2D eigenvalue weighted by molar-refractivity contribution is 5.97. The summed E-state index contributed by atoms with van der Waals surface area (Å²) in [5.41, 5.74) is 7.49. The molecule has 0 aliphatic heterocycles. The van der Waals surface area contributed by atoms with Crippen molar-refractivity contribution in [1.29, 1.82) is 0 Å². The summed E-state index contributed by atoms with van der Waals surface area (Å²) in [6, 6.07) is 12.1. The Bertz CT molecular complexity index is 825. The summed E-state index contributed by atoms with van der Waals surface area (Å²) >= 11 is 0. The van der Waals surface area contributed by atoms with Crippen LogP contribution in [-0.2, 0) is 6.54 Å². The van der Waals surface area contributed by atoms with Crippen LogP contribution in [0.3, 0.4) is 0 Å². The van der Waals surface area contributed by atoms with Gasteiger partial charge in [0.2, 0.25) is 0 Å². The fraction of sp³-hybridized carbons (Fsp3) is 0.0667. The molecule has 0 unspecified atom stereocenters. The van der Waals surface area contributed by atoms with E-state index in [9.17, 15) is 4.39 Å². The predicted molar refractivity (Wildman–Crippen MR) is 77.7 cm³/mol. The van der Waals surface area contributed by atoms with Crippen molar-refractivity contribution in [2.24, 2.45) is 10.9 Å². The molecule has 2 aromatic carbocycles. The van der Waals surface area contributed by atoms with Gasteiger partial charge in [0.05, 0.1) is 18.3 Å². The molecular formula is C15H13FN4O. The Hall–Kier alpha value is -2.89. The molecule has 3 aromatic rings. The minimum atomic E-state index is -0.439. The van der Waals surface area contributed by atoms with Gasteiger partial charge in [-0.2, -0.15) is 5.10 Å². The average molecular weight is 284 g/mol. The first-order valence-electron chi connectivity index (χ1n) is 6.35. The highest BCUT2D eigenvalue weighted by Crippen LogP contribution is 2.16. The summed E-state index contributed by atoms with van der Waals surface area (Å²) in [6.45, 7) is 0.400. The van der Waals surface area contributed by atoms with Gasteiger partial charge >= 0.3 is 0 Å². The third kappa shape index (κ3) is 2.55. The second kappa shape index (κ2) is 5.24. The number of aromatic nitrogens is 2. The molecule has 0 radical (unpaired) electrons. The molecule has 0 saturated carbocycles. The normalized spacial score (nSPS) is 12.0. The maximum Gasteiger partial charge on any atom is 0.170 e. The van der Waals surface area contributed by atoms with Gasteiger partial charge in [-0.25, -0.2) is 4.39 Å². The van der Waals surface area contributed by atoms with Crippen molar-refractivity contribution in [3.05, 3.63) is 65.6 Å². The molecule has 0 fully saturated rings. The molecule has 0 bridgehead atoms. The third-order valence-electron chi connectivity index (χ3n) is 3.24. The lowest BCUT2D eigenvalue weighted by Crippen LogP contribution is -2.14. The number of nitrogens with two attached hydrogens (primary N) is 1. The Kier molecular flexibility index (Phi) is 3.27. The number of amidine groups is 1. The van der Waals surface area contributed by atoms with Crippen LogP contribution in [0.15, 0.2) is 53.8 Å². The summed E-state index contributed by atoms with van der Waals surface area (Å²) in [5.74, 6) is -0.563. The summed E-state index contributed by atoms with van der Waals surface area (Å²) in [7, 11) is 0. The van der Waals surface area contributed by atoms with Crippen molar-refractivity contribution in [3.8, 4) is 0 Å². The van der Waals surface area contributed by atoms with E-state index >= 15 is 0 Å². The van der Waals surface area contributed by atoms with E-state index in [1.807, 2.05) is 24.3 Å². The molecule has 5 nitrogen and oxygen atoms in total. The molecule has 6 heteroatoms. The largest absolute Gasteiger partial charge is 0.409 e. The summed E-state index contributed by atoms with van der Waals surface area (Å²) < 4.78 is 15.4. The molecular weight excluding hydrogens is 271 g/mol. The average Bonchev–Trinajstić information content (AvgIpc) is 2.89. The van der Waals surface area contributed by atoms with Gasteiger partial charge < -0.3 is 10.9 Å². The second-order valence-corrected chi connectivity index (χ2v) is 4.69. The molecule has 3 N–H and O–H groups in total. The molecule has 0 amide bonds. The SMILES string of the molecule is N/C(=N/O)c1cc(F)cc(Cn2ncc3ccccc32)c1. The van der Waals surface area contributed by atoms with Crippen molar-refractivity contribution in [3.63, 3.8) is 0 Å². The molecule has 21 heavy (non-hydrogen) atoms. The van der Waals surface area contributed by atoms with Crippen molar-refractivity contribution in [2.45, 2.75) is 6.54 Å². The van der Waals surface area contributed by atoms with Crippen LogP contribution < -0.4 is 5.73 Å². The number of nitrogens with zero attached hydrogens (tertiary/aromatic N) is 3. The van der Waals surface area contributed by atoms with Crippen molar-refractivity contribution >= 4 is 16.7 Å². The lowest BCUT2D eigenvalue weighted by atomic mass is 10.1. The van der Waals surface area contributed by atoms with E-state index in [2.05, 4.69) is 10.3 Å². The summed E-state index contributed by atoms with van der Waals surface area (Å²) in [5, 5.41) is 16.9. The van der Waals surface area contributed by atoms with Gasteiger partial charge in [-0.1, -0.05) is 23.4 Å². The standard InChI is InChI=1S/C15H13FN4O/c16-13-6-10(5-12(7-13)15(17)19-21)9-20-14-4-2-1-3-11(14)8-18-20/h1-8,21H,9H2,(H2,17,19). The number of para-hydroxylation sites is 1. The van der Waals surface area contributed by atoms with E-state index in [0.717, 1.165) is 10.9 Å². The van der Waals surface area contributed by atoms with Crippen LogP contribution in [0.2, 0.25) is 0 Å². The Morgan fingerprint density at radius 3 is 2.90 bits per heavy atom. The summed E-state index contributed by atoms with van der Waals surface area (Å²) in [6.07, 6.45) is 1.76. The zero-order valence-electron chi connectivity index (χ0n) is 11.1. The number of halogens is 1. The van der Waals surface area contributed by atoms with Crippen LogP contribution in [0.4, 0.5) is 4.39 Å². The molecule has 0 saturated heterocycles. The van der Waals surface area contributed by atoms with Crippen LogP contribution in [0.25, 0.3) is 10.9 Å². The molecule has 3 rings (SSSR count). The van der Waals surface area contributed by atoms with E-state index in [0.29, 0.717) is 17.7 Å². The number of rotatable bonds is 3. The van der Waals surface area contributed by atoms with Crippen molar-refractivity contribution in [1.82, 2.24) is 9.78 Å². The molecule has 0 atom stereocenters. The fourth-order valence-corrected chi connectivity index (χ4v) is 2.27. The Morgan fingerprint density at radius 1 is 1.29 bits per heavy atom. The molecule has 0 spiro atoms. The van der Waals surface area contributed by atoms with Crippen molar-refractivity contribution < 1.29 is 9.60 Å². The number of hydrogen-bond donors (Lipinski definition) is 2. The van der Waals surface area contributed by atoms with Gasteiger partial charge in [-0.15, -0.1) is 0 Å². The van der Waals surface area contributed by atoms with Gasteiger partial charge in [-0.3, -0.25) is 4.68 Å². The van der Waals surface area contributed by atoms with E-state index < -0.39 is 5.82 Å². The molecule has 106 valence electrons. The van der Waals surface area contributed by atoms with Gasteiger partial charge in [0.1, 0.15) is 5.82 Å². The number of oxime groups is 1. The lowest BCUT2D eigenvalue weighted by Gasteiger charge is -2.07. The zero-order valence-corrected chi connectivity index (χ0v) is 11.1. The molecule has 1 aromatic heterocycles. The zero-order chi connectivity index (χ0) is 14.8. The lowest BCUT2D eigenvalue weighted by molar-refractivity contribution is 0.318. The van der Waals surface area contributed by atoms with E-state index in [1.54, 1.807) is 16.9 Å². The summed E-state index contributed by atoms with van der Waals surface area (Å²) in [4.78, 5) is 0. The maximum atomic E-state index is 13.6. The highest BCUT2D eigenvalue weighted by atomic mass is 19.1. The van der Waals surface area contributed by atoms with E-state index in [4.69, 9.17) is 10.9 Å². The molecule has 0 aliphatic carbocycles. The fourth-order valence-electron chi connectivity index (χ4n) is 2.27. The van der Waals surface area contributed by atoms with Crippen LogP contribution in [0.1, 0.15) is 11.1 Å². The van der Waals surface area contributed by atoms with Crippen molar-refractivity contribution in [2.75, 3.05) is 0 Å². The quantitative estimate of drug-likeness (QED) is 0.335.